The van der Waals surface area contributed by atoms with Gasteiger partial charge in [0.2, 0.25) is 5.91 Å². The van der Waals surface area contributed by atoms with E-state index in [1.807, 2.05) is 34.1 Å². The van der Waals surface area contributed by atoms with Crippen LogP contribution in [-0.4, -0.2) is 61.0 Å². The second kappa shape index (κ2) is 7.63. The summed E-state index contributed by atoms with van der Waals surface area (Å²) in [7, 11) is 0. The van der Waals surface area contributed by atoms with E-state index in [1.54, 1.807) is 0 Å². The predicted octanol–water partition coefficient (Wildman–Crippen LogP) is 2.74. The van der Waals surface area contributed by atoms with Gasteiger partial charge in [0.15, 0.2) is 0 Å². The Morgan fingerprint density at radius 3 is 2.37 bits per heavy atom. The minimum atomic E-state index is -0.114. The Bertz CT molecular complexity index is 688. The van der Waals surface area contributed by atoms with Crippen LogP contribution in [0.1, 0.15) is 48.5 Å². The molecule has 0 radical (unpaired) electrons. The first kappa shape index (κ1) is 18.5. The van der Waals surface area contributed by atoms with Gasteiger partial charge in [-0.25, -0.2) is 0 Å². The number of amides is 2. The van der Waals surface area contributed by atoms with E-state index in [9.17, 15) is 9.59 Å². The van der Waals surface area contributed by atoms with E-state index in [0.29, 0.717) is 26.3 Å². The molecule has 0 N–H and O–H groups in total. The Balaban J connectivity index is 1.55. The van der Waals surface area contributed by atoms with Gasteiger partial charge in [-0.2, -0.15) is 0 Å². The van der Waals surface area contributed by atoms with Gasteiger partial charge in [-0.05, 0) is 49.8 Å². The number of rotatable bonds is 3. The van der Waals surface area contributed by atoms with Crippen molar-refractivity contribution in [2.75, 3.05) is 39.4 Å². The second-order valence-electron chi connectivity index (χ2n) is 8.30. The van der Waals surface area contributed by atoms with Crippen molar-refractivity contribution in [1.29, 1.82) is 0 Å². The molecule has 3 aliphatic rings. The molecular formula is C22H30N2O3. The molecule has 1 aromatic rings. The Hall–Kier alpha value is -1.88. The molecule has 4 rings (SSSR count). The molecule has 2 amide bonds. The number of aryl methyl sites for hydroxylation is 1. The summed E-state index contributed by atoms with van der Waals surface area (Å²) in [5.74, 6) is 0.227. The first-order chi connectivity index (χ1) is 13.1. The van der Waals surface area contributed by atoms with Crippen LogP contribution in [0.15, 0.2) is 24.3 Å². The summed E-state index contributed by atoms with van der Waals surface area (Å²) in [5, 5.41) is 0. The zero-order valence-electron chi connectivity index (χ0n) is 16.3. The number of benzene rings is 1. The molecule has 3 aliphatic heterocycles. The second-order valence-corrected chi connectivity index (χ2v) is 8.30. The number of nitrogens with zero attached hydrogens (tertiary/aromatic N) is 2. The Kier molecular flexibility index (Phi) is 5.22. The highest BCUT2D eigenvalue weighted by atomic mass is 16.5. The lowest BCUT2D eigenvalue weighted by Gasteiger charge is -2.38. The third-order valence-electron chi connectivity index (χ3n) is 6.75. The molecule has 0 aromatic heterocycles. The highest BCUT2D eigenvalue weighted by molar-refractivity contribution is 5.95. The van der Waals surface area contributed by atoms with E-state index < -0.39 is 0 Å². The van der Waals surface area contributed by atoms with Gasteiger partial charge >= 0.3 is 0 Å². The summed E-state index contributed by atoms with van der Waals surface area (Å²) in [5.41, 5.74) is 1.84. The average molecular weight is 370 g/mol. The number of ether oxygens (including phenoxy) is 1. The monoisotopic (exact) mass is 370 g/mol. The van der Waals surface area contributed by atoms with Crippen LogP contribution in [0.25, 0.3) is 0 Å². The first-order valence-electron chi connectivity index (χ1n) is 10.4. The topological polar surface area (TPSA) is 49.9 Å². The molecule has 1 atom stereocenters. The highest BCUT2D eigenvalue weighted by Crippen LogP contribution is 2.45. The lowest BCUT2D eigenvalue weighted by molar-refractivity contribution is -0.139. The molecule has 0 saturated carbocycles. The van der Waals surface area contributed by atoms with Gasteiger partial charge in [0, 0.05) is 50.4 Å². The molecule has 0 unspecified atom stereocenters. The minimum Gasteiger partial charge on any atom is -0.381 e. The van der Waals surface area contributed by atoms with E-state index in [-0.39, 0.29) is 23.1 Å². The summed E-state index contributed by atoms with van der Waals surface area (Å²) in [6, 6.07) is 7.90. The molecule has 0 bridgehead atoms. The largest absolute Gasteiger partial charge is 0.381 e. The average Bonchev–Trinajstić information content (AvgIpc) is 3.36. The van der Waals surface area contributed by atoms with Crippen LogP contribution in [0.3, 0.4) is 0 Å². The van der Waals surface area contributed by atoms with Crippen LogP contribution in [-0.2, 0) is 16.0 Å². The van der Waals surface area contributed by atoms with Crippen LogP contribution < -0.4 is 0 Å². The van der Waals surface area contributed by atoms with Crippen molar-refractivity contribution < 1.29 is 14.3 Å². The van der Waals surface area contributed by atoms with E-state index in [4.69, 9.17) is 4.74 Å². The third kappa shape index (κ3) is 3.49. The summed E-state index contributed by atoms with van der Waals surface area (Å²) in [4.78, 5) is 30.3. The van der Waals surface area contributed by atoms with Crippen molar-refractivity contribution in [2.45, 2.75) is 39.0 Å². The number of hydrogen-bond acceptors (Lipinski definition) is 3. The number of carbonyl (C=O) groups is 2. The van der Waals surface area contributed by atoms with Gasteiger partial charge < -0.3 is 14.5 Å². The molecule has 146 valence electrons. The van der Waals surface area contributed by atoms with E-state index >= 15 is 0 Å². The first-order valence-corrected chi connectivity index (χ1v) is 10.4. The highest BCUT2D eigenvalue weighted by Gasteiger charge is 2.52. The standard InChI is InChI=1S/C22H30N2O3/c1-2-17-5-7-18(8-6-17)20(25)24-15-19(21(26)23-11-3-4-12-23)22(16-24)9-13-27-14-10-22/h5-8,19H,2-4,9-16H2,1H3/t19-/m1/s1. The smallest absolute Gasteiger partial charge is 0.253 e. The summed E-state index contributed by atoms with van der Waals surface area (Å²) in [6.07, 6.45) is 4.90. The van der Waals surface area contributed by atoms with E-state index in [1.165, 1.54) is 5.56 Å². The van der Waals surface area contributed by atoms with Crippen LogP contribution in [0, 0.1) is 11.3 Å². The Morgan fingerprint density at radius 1 is 1.07 bits per heavy atom. The Morgan fingerprint density at radius 2 is 1.74 bits per heavy atom. The number of carbonyl (C=O) groups excluding carboxylic acids is 2. The number of likely N-dealkylation sites (tertiary alicyclic amines) is 2. The SMILES string of the molecule is CCc1ccc(C(=O)N2C[C@H](C(=O)N3CCCC3)C3(CCOCC3)C2)cc1. The van der Waals surface area contributed by atoms with E-state index in [0.717, 1.165) is 50.8 Å². The predicted molar refractivity (Wildman–Crippen MR) is 104 cm³/mol. The normalized spacial score (nSPS) is 24.6. The number of hydrogen-bond donors (Lipinski definition) is 0. The zero-order chi connectivity index (χ0) is 18.9. The van der Waals surface area contributed by atoms with Crippen molar-refractivity contribution in [1.82, 2.24) is 9.80 Å². The summed E-state index contributed by atoms with van der Waals surface area (Å²) < 4.78 is 5.59. The summed E-state index contributed by atoms with van der Waals surface area (Å²) >= 11 is 0. The van der Waals surface area contributed by atoms with Crippen molar-refractivity contribution in [2.24, 2.45) is 11.3 Å². The molecular weight excluding hydrogens is 340 g/mol. The van der Waals surface area contributed by atoms with Crippen LogP contribution >= 0.6 is 0 Å². The fourth-order valence-electron chi connectivity index (χ4n) is 4.97. The lowest BCUT2D eigenvalue weighted by atomic mass is 9.71. The maximum absolute atomic E-state index is 13.3. The van der Waals surface area contributed by atoms with E-state index in [2.05, 4.69) is 6.92 Å². The van der Waals surface area contributed by atoms with Crippen LogP contribution in [0.2, 0.25) is 0 Å². The van der Waals surface area contributed by atoms with Crippen molar-refractivity contribution in [3.8, 4) is 0 Å². The van der Waals surface area contributed by atoms with Gasteiger partial charge in [0.25, 0.3) is 5.91 Å². The molecule has 1 aromatic carbocycles. The minimum absolute atomic E-state index is 0.0558. The van der Waals surface area contributed by atoms with Gasteiger partial charge in [-0.15, -0.1) is 0 Å². The quantitative estimate of drug-likeness (QED) is 0.822. The molecule has 3 saturated heterocycles. The lowest BCUT2D eigenvalue weighted by Crippen LogP contribution is -2.45. The van der Waals surface area contributed by atoms with Gasteiger partial charge in [-0.3, -0.25) is 9.59 Å². The molecule has 5 heteroatoms. The molecule has 3 heterocycles. The molecule has 27 heavy (non-hydrogen) atoms. The fraction of sp³-hybridized carbons (Fsp3) is 0.636. The van der Waals surface area contributed by atoms with Crippen molar-refractivity contribution in [3.63, 3.8) is 0 Å². The van der Waals surface area contributed by atoms with Crippen LogP contribution in [0.4, 0.5) is 0 Å². The molecule has 0 aliphatic carbocycles. The molecule has 1 spiro atoms. The maximum Gasteiger partial charge on any atom is 0.253 e. The molecule has 3 fully saturated rings. The van der Waals surface area contributed by atoms with Gasteiger partial charge in [0.05, 0.1) is 5.92 Å². The van der Waals surface area contributed by atoms with Gasteiger partial charge in [0.1, 0.15) is 0 Å². The van der Waals surface area contributed by atoms with Gasteiger partial charge in [-0.1, -0.05) is 19.1 Å². The zero-order valence-corrected chi connectivity index (χ0v) is 16.3. The summed E-state index contributed by atoms with van der Waals surface area (Å²) in [6.45, 7) is 6.45. The fourth-order valence-corrected chi connectivity index (χ4v) is 4.97. The Labute approximate surface area is 161 Å². The maximum atomic E-state index is 13.3. The molecule has 5 nitrogen and oxygen atoms in total. The van der Waals surface area contributed by atoms with Crippen LogP contribution in [0.5, 0.6) is 0 Å². The van der Waals surface area contributed by atoms with Crippen molar-refractivity contribution >= 4 is 11.8 Å². The van der Waals surface area contributed by atoms with Crippen molar-refractivity contribution in [3.05, 3.63) is 35.4 Å². The third-order valence-corrected chi connectivity index (χ3v) is 6.75.